The Morgan fingerprint density at radius 3 is 1.14 bits per heavy atom. The maximum Gasteiger partial charge on any atom is 0.343 e. The Bertz CT molecular complexity index is 2480. The fourth-order valence-corrected chi connectivity index (χ4v) is 22.8. The summed E-state index contributed by atoms with van der Waals surface area (Å²) in [6, 6.07) is 35.8. The molecule has 0 unspecified atom stereocenters. The fourth-order valence-electron chi connectivity index (χ4n) is 9.50. The second kappa shape index (κ2) is 33.2. The van der Waals surface area contributed by atoms with E-state index >= 15 is 0 Å². The van der Waals surface area contributed by atoms with E-state index in [1.165, 1.54) is 109 Å². The van der Waals surface area contributed by atoms with Gasteiger partial charge in [-0.05, 0) is 173 Å². The van der Waals surface area contributed by atoms with Gasteiger partial charge >= 0.3 is 26.5 Å². The number of hydrogen-bond donors (Lipinski definition) is 0. The second-order valence-corrected chi connectivity index (χ2v) is 35.1. The van der Waals surface area contributed by atoms with Crippen LogP contribution in [0.5, 0.6) is 28.7 Å². The molecule has 0 heterocycles. The lowest BCUT2D eigenvalue weighted by Gasteiger charge is -2.37. The monoisotopic (exact) mass is 1100 g/mol. The predicted octanol–water partition coefficient (Wildman–Crippen LogP) is 18.4. The van der Waals surface area contributed by atoms with Crippen molar-refractivity contribution in [1.29, 1.82) is 0 Å². The van der Waals surface area contributed by atoms with Crippen LogP contribution in [0, 0.1) is 0 Å². The van der Waals surface area contributed by atoms with Gasteiger partial charge in [-0.15, -0.1) is 0 Å². The van der Waals surface area contributed by atoms with E-state index in [-0.39, 0.29) is 0 Å². The van der Waals surface area contributed by atoms with Gasteiger partial charge in [-0.2, -0.15) is 0 Å². The molecule has 0 spiro atoms. The van der Waals surface area contributed by atoms with E-state index in [1.54, 1.807) is 91.0 Å². The topological polar surface area (TPSA) is 116 Å². The molecule has 77 heavy (non-hydrogen) atoms. The first-order chi connectivity index (χ1) is 37.0. The number of carbonyl (C=O) groups is 3. The fraction of sp³-hybridized carbons (Fsp3) is 0.484. The Kier molecular flexibility index (Phi) is 27.0. The lowest BCUT2D eigenvalue weighted by atomic mass is 10.1. The number of ether oxygens (including phenoxy) is 5. The maximum atomic E-state index is 13.1. The Balaban J connectivity index is 0.922. The molecule has 0 amide bonds. The molecule has 0 saturated carbocycles. The molecule has 10 nitrogen and oxygen atoms in total. The average molecular weight is 1100 g/mol. The highest BCUT2D eigenvalue weighted by Crippen LogP contribution is 2.29. The van der Waals surface area contributed by atoms with Gasteiger partial charge in [0.15, 0.2) is 16.6 Å². The van der Waals surface area contributed by atoms with Gasteiger partial charge in [-0.3, -0.25) is 0 Å². The molecule has 0 fully saturated rings. The van der Waals surface area contributed by atoms with Gasteiger partial charge in [0.1, 0.15) is 28.7 Å². The van der Waals surface area contributed by atoms with Crippen LogP contribution in [0.1, 0.15) is 166 Å². The molecule has 5 aromatic carbocycles. The van der Waals surface area contributed by atoms with Gasteiger partial charge in [-0.25, -0.2) is 14.4 Å². The molecule has 0 aliphatic heterocycles. The first-order valence-electron chi connectivity index (χ1n) is 28.8. The van der Waals surface area contributed by atoms with Crippen LogP contribution in [0.4, 0.5) is 0 Å². The molecule has 0 bridgehead atoms. The van der Waals surface area contributed by atoms with Gasteiger partial charge in [0.05, 0.1) is 29.9 Å². The highest BCUT2D eigenvalue weighted by atomic mass is 28.5. The molecule has 418 valence electrons. The van der Waals surface area contributed by atoms with Crippen molar-refractivity contribution < 1.29 is 46.3 Å². The molecule has 0 atom stereocenters. The summed E-state index contributed by atoms with van der Waals surface area (Å²) in [6.07, 6.45) is 25.1. The zero-order chi connectivity index (χ0) is 55.4. The Morgan fingerprint density at radius 1 is 0.364 bits per heavy atom. The summed E-state index contributed by atoms with van der Waals surface area (Å²) in [6.45, 7) is 19.4. The van der Waals surface area contributed by atoms with E-state index in [0.29, 0.717) is 47.2 Å². The number of esters is 3. The highest BCUT2D eigenvalue weighted by molar-refractivity contribution is 6.87. The number of rotatable bonds is 37. The molecule has 0 aliphatic rings. The summed E-state index contributed by atoms with van der Waals surface area (Å²) in [7, 11) is -5.34. The Hall–Kier alpha value is -5.32. The summed E-state index contributed by atoms with van der Waals surface area (Å²) in [5.41, 5.74) is 2.79. The Labute approximate surface area is 465 Å². The van der Waals surface area contributed by atoms with E-state index in [0.717, 1.165) is 48.3 Å². The van der Waals surface area contributed by atoms with E-state index < -0.39 is 43.1 Å². The van der Waals surface area contributed by atoms with Crippen molar-refractivity contribution in [2.45, 2.75) is 187 Å². The Morgan fingerprint density at radius 2 is 0.727 bits per heavy atom. The normalized spacial score (nSPS) is 11.8. The van der Waals surface area contributed by atoms with E-state index in [4.69, 9.17) is 31.9 Å². The number of carbonyl (C=O) groups excluding carboxylic acids is 3. The van der Waals surface area contributed by atoms with Gasteiger partial charge in [-0.1, -0.05) is 147 Å². The van der Waals surface area contributed by atoms with Crippen LogP contribution in [0.15, 0.2) is 121 Å². The summed E-state index contributed by atoms with van der Waals surface area (Å²) >= 11 is 0. The van der Waals surface area contributed by atoms with Crippen molar-refractivity contribution in [3.63, 3.8) is 0 Å². The number of benzene rings is 5. The third-order valence-corrected chi connectivity index (χ3v) is 23.4. The SMILES string of the molecule is CCCCCCCCCCCCOc1ccc(C(=O)Oc2ccc(C(=O)Oc3cccc(-c4ccc(OC(=O)c5ccc(OCCCCCCCCCCCC[Si](C)(C)O[Si](C)(C)O[Si](C)(C)C)cc5)cc4)c3)cc2)cc1. The van der Waals surface area contributed by atoms with E-state index in [2.05, 4.69) is 52.8 Å². The van der Waals surface area contributed by atoms with Gasteiger partial charge in [0, 0.05) is 0 Å². The summed E-state index contributed by atoms with van der Waals surface area (Å²) in [4.78, 5) is 39.0. The number of unbranched alkanes of at least 4 members (excludes halogenated alkanes) is 18. The second-order valence-electron chi connectivity index (χ2n) is 22.4. The van der Waals surface area contributed by atoms with Gasteiger partial charge < -0.3 is 31.9 Å². The molecule has 0 aliphatic carbocycles. The van der Waals surface area contributed by atoms with Crippen molar-refractivity contribution in [3.05, 3.63) is 138 Å². The first-order valence-corrected chi connectivity index (χ1v) is 38.1. The molecule has 0 N–H and O–H groups in total. The third kappa shape index (κ3) is 25.4. The van der Waals surface area contributed by atoms with E-state index in [1.807, 2.05) is 30.3 Å². The van der Waals surface area contributed by atoms with Crippen LogP contribution in [0.25, 0.3) is 11.1 Å². The van der Waals surface area contributed by atoms with Crippen LogP contribution in [0.3, 0.4) is 0 Å². The number of hydrogen-bond acceptors (Lipinski definition) is 10. The maximum absolute atomic E-state index is 13.1. The lowest BCUT2D eigenvalue weighted by molar-refractivity contribution is 0.0723. The molecular weight excluding hydrogens is 1010 g/mol. The standard InChI is InChI=1S/C64H90O10Si3/c1-9-10-11-12-13-14-17-20-23-26-48-68-58-42-36-54(37-43-58)63(66)71-60-46-38-55(39-47-60)64(67)72-61-31-29-30-56(51-61)52-32-44-59(45-33-52)70-62(65)53-34-40-57(41-35-53)69-49-27-24-21-18-15-16-19-22-25-28-50-76(5,6)74-77(7,8)73-75(2,3)4/h29-47,51H,9-28,48-50H2,1-8H3. The van der Waals surface area contributed by atoms with Crippen LogP contribution >= 0.6 is 0 Å². The minimum atomic E-state index is -2.05. The third-order valence-electron chi connectivity index (χ3n) is 13.2. The molecule has 0 radical (unpaired) electrons. The summed E-state index contributed by atoms with van der Waals surface area (Å²) in [5.74, 6) is 1.01. The molecule has 13 heteroatoms. The van der Waals surface area contributed by atoms with Crippen LogP contribution in [0.2, 0.25) is 51.9 Å². The van der Waals surface area contributed by atoms with Crippen molar-refractivity contribution in [1.82, 2.24) is 0 Å². The molecule has 5 aromatic rings. The van der Waals surface area contributed by atoms with Crippen molar-refractivity contribution in [2.24, 2.45) is 0 Å². The van der Waals surface area contributed by atoms with Gasteiger partial charge in [0.25, 0.3) is 0 Å². The molecular formula is C64H90O10Si3. The first kappa shape index (κ1) is 62.5. The summed E-state index contributed by atoms with van der Waals surface area (Å²) in [5, 5.41) is 0. The largest absolute Gasteiger partial charge is 0.494 e. The van der Waals surface area contributed by atoms with Crippen molar-refractivity contribution in [2.75, 3.05) is 13.2 Å². The van der Waals surface area contributed by atoms with Crippen LogP contribution in [-0.2, 0) is 8.23 Å². The van der Waals surface area contributed by atoms with Crippen molar-refractivity contribution in [3.8, 4) is 39.9 Å². The summed E-state index contributed by atoms with van der Waals surface area (Å²) < 4.78 is 41.9. The van der Waals surface area contributed by atoms with Crippen LogP contribution < -0.4 is 23.7 Å². The van der Waals surface area contributed by atoms with E-state index in [9.17, 15) is 14.4 Å². The predicted molar refractivity (Wildman–Crippen MR) is 320 cm³/mol. The average Bonchev–Trinajstić information content (AvgIpc) is 3.39. The minimum Gasteiger partial charge on any atom is -0.494 e. The highest BCUT2D eigenvalue weighted by Gasteiger charge is 2.37. The molecule has 5 rings (SSSR count). The van der Waals surface area contributed by atoms with Gasteiger partial charge in [0.2, 0.25) is 0 Å². The van der Waals surface area contributed by atoms with Crippen molar-refractivity contribution >= 4 is 43.1 Å². The quantitative estimate of drug-likeness (QED) is 0.0165. The molecule has 0 aromatic heterocycles. The zero-order valence-corrected chi connectivity index (χ0v) is 50.9. The smallest absolute Gasteiger partial charge is 0.343 e. The minimum absolute atomic E-state index is 0.300. The lowest BCUT2D eigenvalue weighted by Crippen LogP contribution is -2.51. The molecule has 0 saturated heterocycles. The zero-order valence-electron chi connectivity index (χ0n) is 47.9. The van der Waals surface area contributed by atoms with Crippen LogP contribution in [-0.4, -0.2) is 56.3 Å².